The van der Waals surface area contributed by atoms with Crippen molar-refractivity contribution in [1.82, 2.24) is 9.88 Å². The zero-order valence-corrected chi connectivity index (χ0v) is 13.6. The minimum absolute atomic E-state index is 0.128. The molecule has 1 aromatic rings. The van der Waals surface area contributed by atoms with Crippen LogP contribution in [0, 0.1) is 5.95 Å². The van der Waals surface area contributed by atoms with Crippen molar-refractivity contribution in [1.29, 1.82) is 0 Å². The number of hydrogen-bond acceptors (Lipinski definition) is 4. The average molecular weight is 321 g/mol. The molecule has 2 aliphatic rings. The van der Waals surface area contributed by atoms with Gasteiger partial charge in [-0.05, 0) is 44.7 Å². The Labute approximate surface area is 136 Å². The van der Waals surface area contributed by atoms with Crippen LogP contribution in [0.4, 0.5) is 10.2 Å². The van der Waals surface area contributed by atoms with E-state index in [1.165, 1.54) is 6.07 Å². The van der Waals surface area contributed by atoms with E-state index in [9.17, 15) is 9.18 Å². The van der Waals surface area contributed by atoms with Crippen LogP contribution in [0.1, 0.15) is 32.6 Å². The molecule has 0 unspecified atom stereocenters. The summed E-state index contributed by atoms with van der Waals surface area (Å²) in [4.78, 5) is 20.8. The number of piperazine rings is 1. The van der Waals surface area contributed by atoms with Crippen LogP contribution in [-0.4, -0.2) is 54.2 Å². The lowest BCUT2D eigenvalue weighted by molar-refractivity contribution is -0.157. The summed E-state index contributed by atoms with van der Waals surface area (Å²) < 4.78 is 19.1. The summed E-state index contributed by atoms with van der Waals surface area (Å²) in [6.45, 7) is 5.12. The zero-order chi connectivity index (χ0) is 16.3. The lowest BCUT2D eigenvalue weighted by atomic mass is 9.99. The highest BCUT2D eigenvalue weighted by molar-refractivity contribution is 5.86. The molecule has 1 saturated carbocycles. The highest BCUT2D eigenvalue weighted by atomic mass is 19.1. The number of ether oxygens (including phenoxy) is 1. The SMILES string of the molecule is CCOC1(C(=O)N2CCN(c3cccc(F)n3)CC2)CCCC1. The predicted octanol–water partition coefficient (Wildman–Crippen LogP) is 2.22. The van der Waals surface area contributed by atoms with Crippen LogP contribution in [0.5, 0.6) is 0 Å². The molecule has 1 saturated heterocycles. The molecule has 1 aliphatic heterocycles. The molecule has 6 heteroatoms. The molecule has 126 valence electrons. The number of hydrogen-bond donors (Lipinski definition) is 0. The van der Waals surface area contributed by atoms with Crippen molar-refractivity contribution in [2.75, 3.05) is 37.7 Å². The molecule has 1 amide bonds. The monoisotopic (exact) mass is 321 g/mol. The Kier molecular flexibility index (Phi) is 4.80. The predicted molar refractivity (Wildman–Crippen MR) is 85.8 cm³/mol. The van der Waals surface area contributed by atoms with Gasteiger partial charge in [-0.25, -0.2) is 4.98 Å². The molecule has 0 spiro atoms. The number of amides is 1. The third-order valence-electron chi connectivity index (χ3n) is 4.81. The molecular weight excluding hydrogens is 297 g/mol. The molecule has 0 aromatic carbocycles. The first-order valence-electron chi connectivity index (χ1n) is 8.45. The minimum atomic E-state index is -0.603. The molecule has 1 aromatic heterocycles. The number of aromatic nitrogens is 1. The molecule has 0 N–H and O–H groups in total. The smallest absolute Gasteiger partial charge is 0.254 e. The van der Waals surface area contributed by atoms with E-state index in [4.69, 9.17) is 4.74 Å². The first kappa shape index (κ1) is 16.2. The summed E-state index contributed by atoms with van der Waals surface area (Å²) in [5, 5.41) is 0. The van der Waals surface area contributed by atoms with Gasteiger partial charge in [0.2, 0.25) is 5.95 Å². The van der Waals surface area contributed by atoms with Crippen molar-refractivity contribution in [2.45, 2.75) is 38.2 Å². The molecule has 0 radical (unpaired) electrons. The van der Waals surface area contributed by atoms with E-state index in [0.29, 0.717) is 38.6 Å². The average Bonchev–Trinajstić information content (AvgIpc) is 3.04. The van der Waals surface area contributed by atoms with Crippen molar-refractivity contribution in [3.63, 3.8) is 0 Å². The molecular formula is C17H24FN3O2. The van der Waals surface area contributed by atoms with Crippen molar-refractivity contribution < 1.29 is 13.9 Å². The Morgan fingerprint density at radius 1 is 1.26 bits per heavy atom. The van der Waals surface area contributed by atoms with Crippen LogP contribution in [0.25, 0.3) is 0 Å². The summed E-state index contributed by atoms with van der Waals surface area (Å²) in [5.41, 5.74) is -0.603. The van der Waals surface area contributed by atoms with E-state index < -0.39 is 11.5 Å². The maximum absolute atomic E-state index is 13.2. The fraction of sp³-hybridized carbons (Fsp3) is 0.647. The van der Waals surface area contributed by atoms with Gasteiger partial charge < -0.3 is 14.5 Å². The summed E-state index contributed by atoms with van der Waals surface area (Å²) in [5.74, 6) is 0.295. The molecule has 2 heterocycles. The first-order chi connectivity index (χ1) is 11.1. The van der Waals surface area contributed by atoms with E-state index in [0.717, 1.165) is 25.7 Å². The summed E-state index contributed by atoms with van der Waals surface area (Å²) in [6, 6.07) is 4.81. The Hall–Kier alpha value is -1.69. The number of carbonyl (C=O) groups excluding carboxylic acids is 1. The Morgan fingerprint density at radius 2 is 1.96 bits per heavy atom. The fourth-order valence-electron chi connectivity index (χ4n) is 3.64. The van der Waals surface area contributed by atoms with Gasteiger partial charge in [0.1, 0.15) is 11.4 Å². The van der Waals surface area contributed by atoms with Gasteiger partial charge in [-0.15, -0.1) is 0 Å². The number of nitrogens with zero attached hydrogens (tertiary/aromatic N) is 3. The van der Waals surface area contributed by atoms with Gasteiger partial charge in [0, 0.05) is 32.8 Å². The van der Waals surface area contributed by atoms with Gasteiger partial charge in [-0.2, -0.15) is 4.39 Å². The van der Waals surface area contributed by atoms with E-state index in [1.54, 1.807) is 12.1 Å². The lowest BCUT2D eigenvalue weighted by Gasteiger charge is -2.40. The molecule has 2 fully saturated rings. The second-order valence-corrected chi connectivity index (χ2v) is 6.23. The van der Waals surface area contributed by atoms with Crippen LogP contribution in [0.15, 0.2) is 18.2 Å². The van der Waals surface area contributed by atoms with Gasteiger partial charge in [0.15, 0.2) is 0 Å². The fourth-order valence-corrected chi connectivity index (χ4v) is 3.64. The molecule has 23 heavy (non-hydrogen) atoms. The molecule has 5 nitrogen and oxygen atoms in total. The second kappa shape index (κ2) is 6.83. The highest BCUT2D eigenvalue weighted by Gasteiger charge is 2.44. The van der Waals surface area contributed by atoms with E-state index in [-0.39, 0.29) is 5.91 Å². The molecule has 0 bridgehead atoms. The van der Waals surface area contributed by atoms with E-state index in [1.807, 2.05) is 16.7 Å². The standard InChI is InChI=1S/C17H24FN3O2/c1-2-23-17(8-3-4-9-17)16(22)21-12-10-20(11-13-21)15-7-5-6-14(18)19-15/h5-7H,2-4,8-13H2,1H3. The summed E-state index contributed by atoms with van der Waals surface area (Å²) in [6.07, 6.45) is 3.76. The van der Waals surface area contributed by atoms with Crippen molar-refractivity contribution in [3.05, 3.63) is 24.1 Å². The molecule has 1 aliphatic carbocycles. The van der Waals surface area contributed by atoms with Crippen LogP contribution in [0.3, 0.4) is 0 Å². The highest BCUT2D eigenvalue weighted by Crippen LogP contribution is 2.35. The Morgan fingerprint density at radius 3 is 2.57 bits per heavy atom. The quantitative estimate of drug-likeness (QED) is 0.798. The van der Waals surface area contributed by atoms with Crippen molar-refractivity contribution in [3.8, 4) is 0 Å². The van der Waals surface area contributed by atoms with Gasteiger partial charge in [-0.1, -0.05) is 6.07 Å². The number of carbonyl (C=O) groups is 1. The first-order valence-corrected chi connectivity index (χ1v) is 8.45. The van der Waals surface area contributed by atoms with E-state index in [2.05, 4.69) is 4.98 Å². The van der Waals surface area contributed by atoms with Gasteiger partial charge in [0.05, 0.1) is 0 Å². The maximum Gasteiger partial charge on any atom is 0.254 e. The van der Waals surface area contributed by atoms with Crippen molar-refractivity contribution >= 4 is 11.7 Å². The van der Waals surface area contributed by atoms with Crippen LogP contribution < -0.4 is 4.90 Å². The topological polar surface area (TPSA) is 45.7 Å². The number of pyridine rings is 1. The normalized spacial score (nSPS) is 20.8. The van der Waals surface area contributed by atoms with Crippen LogP contribution in [-0.2, 0) is 9.53 Å². The van der Waals surface area contributed by atoms with Crippen LogP contribution in [0.2, 0.25) is 0 Å². The summed E-state index contributed by atoms with van der Waals surface area (Å²) >= 11 is 0. The Bertz CT molecular complexity index is 553. The third-order valence-corrected chi connectivity index (χ3v) is 4.81. The number of anilines is 1. The second-order valence-electron chi connectivity index (χ2n) is 6.23. The van der Waals surface area contributed by atoms with E-state index >= 15 is 0 Å². The Balaban J connectivity index is 1.63. The van der Waals surface area contributed by atoms with Crippen molar-refractivity contribution in [2.24, 2.45) is 0 Å². The maximum atomic E-state index is 13.2. The van der Waals surface area contributed by atoms with Crippen LogP contribution >= 0.6 is 0 Å². The van der Waals surface area contributed by atoms with Gasteiger partial charge in [-0.3, -0.25) is 4.79 Å². The lowest BCUT2D eigenvalue weighted by Crippen LogP contribution is -2.56. The molecule has 3 rings (SSSR count). The summed E-state index contributed by atoms with van der Waals surface area (Å²) in [7, 11) is 0. The zero-order valence-electron chi connectivity index (χ0n) is 13.6. The number of halogens is 1. The third kappa shape index (κ3) is 3.32. The number of rotatable bonds is 4. The van der Waals surface area contributed by atoms with Gasteiger partial charge >= 0.3 is 0 Å². The largest absolute Gasteiger partial charge is 0.365 e. The molecule has 0 atom stereocenters. The minimum Gasteiger partial charge on any atom is -0.365 e. The van der Waals surface area contributed by atoms with Gasteiger partial charge in [0.25, 0.3) is 5.91 Å².